The maximum Gasteiger partial charge on any atom is 0.164 e. The first-order valence-electron chi connectivity index (χ1n) is 6.12. The SMILES string of the molecule is C/C(=C\P(=O)(c1ccccc1)c1ccccc1)N=[N+]=[N-]. The maximum absolute atomic E-state index is 13.4. The van der Waals surface area contributed by atoms with E-state index in [4.69, 9.17) is 5.53 Å². The lowest BCUT2D eigenvalue weighted by molar-refractivity contribution is 0.592. The van der Waals surface area contributed by atoms with Crippen LogP contribution >= 0.6 is 7.14 Å². The van der Waals surface area contributed by atoms with Crippen molar-refractivity contribution in [2.24, 2.45) is 5.11 Å². The summed E-state index contributed by atoms with van der Waals surface area (Å²) in [5.74, 6) is 1.57. The fourth-order valence-corrected chi connectivity index (χ4v) is 4.36. The third-order valence-electron chi connectivity index (χ3n) is 2.85. The topological polar surface area (TPSA) is 65.8 Å². The van der Waals surface area contributed by atoms with Crippen molar-refractivity contribution in [3.05, 3.63) is 82.6 Å². The van der Waals surface area contributed by atoms with Crippen LogP contribution in [0.15, 0.2) is 77.3 Å². The van der Waals surface area contributed by atoms with Crippen LogP contribution in [-0.2, 0) is 4.57 Å². The monoisotopic (exact) mass is 283 g/mol. The summed E-state index contributed by atoms with van der Waals surface area (Å²) >= 11 is 0. The third-order valence-corrected chi connectivity index (χ3v) is 5.72. The summed E-state index contributed by atoms with van der Waals surface area (Å²) in [5.41, 5.74) is 8.91. The van der Waals surface area contributed by atoms with Gasteiger partial charge in [-0.05, 0) is 18.3 Å². The van der Waals surface area contributed by atoms with Crippen molar-refractivity contribution >= 4 is 17.8 Å². The van der Waals surface area contributed by atoms with Gasteiger partial charge in [0.1, 0.15) is 0 Å². The summed E-state index contributed by atoms with van der Waals surface area (Å²) in [6.07, 6.45) is 0. The predicted molar refractivity (Wildman–Crippen MR) is 82.7 cm³/mol. The second kappa shape index (κ2) is 6.25. The van der Waals surface area contributed by atoms with E-state index in [9.17, 15) is 4.57 Å². The van der Waals surface area contributed by atoms with Gasteiger partial charge in [-0.25, -0.2) is 0 Å². The van der Waals surface area contributed by atoms with E-state index in [1.54, 1.807) is 12.7 Å². The van der Waals surface area contributed by atoms with Gasteiger partial charge in [-0.15, -0.1) is 0 Å². The van der Waals surface area contributed by atoms with Crippen molar-refractivity contribution in [3.63, 3.8) is 0 Å². The molecule has 0 aromatic heterocycles. The number of allylic oxidation sites excluding steroid dienone is 1. The lowest BCUT2D eigenvalue weighted by atomic mass is 10.4. The highest BCUT2D eigenvalue weighted by molar-refractivity contribution is 7.81. The summed E-state index contributed by atoms with van der Waals surface area (Å²) in [5, 5.41) is 4.97. The molecular weight excluding hydrogens is 269 g/mol. The van der Waals surface area contributed by atoms with Crippen molar-refractivity contribution in [1.29, 1.82) is 0 Å². The largest absolute Gasteiger partial charge is 0.309 e. The van der Waals surface area contributed by atoms with Crippen molar-refractivity contribution in [2.75, 3.05) is 0 Å². The Kier molecular flexibility index (Phi) is 4.41. The lowest BCUT2D eigenvalue weighted by Gasteiger charge is -2.15. The molecule has 0 N–H and O–H groups in total. The number of hydrogen-bond acceptors (Lipinski definition) is 2. The van der Waals surface area contributed by atoms with Crippen LogP contribution in [0.2, 0.25) is 0 Å². The normalized spacial score (nSPS) is 11.8. The molecule has 4 nitrogen and oxygen atoms in total. The third kappa shape index (κ3) is 3.00. The van der Waals surface area contributed by atoms with Gasteiger partial charge in [-0.3, -0.25) is 0 Å². The average molecular weight is 283 g/mol. The molecule has 0 fully saturated rings. The zero-order valence-electron chi connectivity index (χ0n) is 11.0. The van der Waals surface area contributed by atoms with Crippen LogP contribution in [0.5, 0.6) is 0 Å². The molecule has 20 heavy (non-hydrogen) atoms. The molecule has 0 unspecified atom stereocenters. The van der Waals surface area contributed by atoms with Crippen molar-refractivity contribution in [1.82, 2.24) is 0 Å². The van der Waals surface area contributed by atoms with Crippen LogP contribution in [0.4, 0.5) is 0 Å². The van der Waals surface area contributed by atoms with Crippen LogP contribution in [0.3, 0.4) is 0 Å². The summed E-state index contributed by atoms with van der Waals surface area (Å²) in [7, 11) is -2.94. The molecule has 0 saturated heterocycles. The maximum atomic E-state index is 13.4. The molecule has 2 aromatic carbocycles. The molecule has 0 saturated carbocycles. The van der Waals surface area contributed by atoms with Crippen LogP contribution < -0.4 is 10.6 Å². The number of nitrogens with zero attached hydrogens (tertiary/aromatic N) is 3. The predicted octanol–water partition coefficient (Wildman–Crippen LogP) is 4.17. The zero-order valence-corrected chi connectivity index (χ0v) is 11.9. The zero-order chi connectivity index (χ0) is 14.4. The lowest BCUT2D eigenvalue weighted by Crippen LogP contribution is -2.14. The first-order valence-corrected chi connectivity index (χ1v) is 7.90. The molecule has 5 heteroatoms. The van der Waals surface area contributed by atoms with E-state index in [1.807, 2.05) is 60.7 Å². The van der Waals surface area contributed by atoms with E-state index in [2.05, 4.69) is 10.0 Å². The fraction of sp³-hybridized carbons (Fsp3) is 0.0667. The van der Waals surface area contributed by atoms with E-state index in [1.165, 1.54) is 0 Å². The highest BCUT2D eigenvalue weighted by Crippen LogP contribution is 2.46. The minimum absolute atomic E-state index is 0.406. The highest BCUT2D eigenvalue weighted by atomic mass is 31.2. The first kappa shape index (κ1) is 14.1. The highest BCUT2D eigenvalue weighted by Gasteiger charge is 2.24. The van der Waals surface area contributed by atoms with Gasteiger partial charge in [0.15, 0.2) is 7.14 Å². The molecular formula is C15H14N3OP. The smallest absolute Gasteiger partial charge is 0.164 e. The molecule has 2 aromatic rings. The Morgan fingerprint density at radius 3 is 1.90 bits per heavy atom. The van der Waals surface area contributed by atoms with Gasteiger partial charge in [-0.2, -0.15) is 0 Å². The van der Waals surface area contributed by atoms with Gasteiger partial charge >= 0.3 is 0 Å². The Morgan fingerprint density at radius 2 is 1.50 bits per heavy atom. The second-order valence-electron chi connectivity index (χ2n) is 4.29. The summed E-state index contributed by atoms with van der Waals surface area (Å²) in [6.45, 7) is 1.65. The van der Waals surface area contributed by atoms with Gasteiger partial charge in [0.05, 0.1) is 0 Å². The fourth-order valence-electron chi connectivity index (χ4n) is 1.96. The van der Waals surface area contributed by atoms with Gasteiger partial charge < -0.3 is 4.57 Å². The molecule has 0 spiro atoms. The molecule has 0 amide bonds. The molecule has 100 valence electrons. The Labute approximate surface area is 117 Å². The van der Waals surface area contributed by atoms with E-state index >= 15 is 0 Å². The average Bonchev–Trinajstić information content (AvgIpc) is 2.49. The van der Waals surface area contributed by atoms with E-state index in [0.717, 1.165) is 10.6 Å². The van der Waals surface area contributed by atoms with Crippen molar-refractivity contribution in [2.45, 2.75) is 6.92 Å². The molecule has 0 radical (unpaired) electrons. The van der Waals surface area contributed by atoms with E-state index < -0.39 is 7.14 Å². The van der Waals surface area contributed by atoms with E-state index in [0.29, 0.717) is 5.70 Å². The molecule has 2 rings (SSSR count). The minimum Gasteiger partial charge on any atom is -0.309 e. The molecule has 0 aliphatic carbocycles. The van der Waals surface area contributed by atoms with Crippen molar-refractivity contribution in [3.8, 4) is 0 Å². The van der Waals surface area contributed by atoms with Crippen molar-refractivity contribution < 1.29 is 4.57 Å². The number of azide groups is 1. The van der Waals surface area contributed by atoms with Crippen LogP contribution in [0.25, 0.3) is 10.4 Å². The molecule has 0 atom stereocenters. The molecule has 0 aliphatic heterocycles. The summed E-state index contributed by atoms with van der Waals surface area (Å²) in [4.78, 5) is 2.74. The van der Waals surface area contributed by atoms with E-state index in [-0.39, 0.29) is 0 Å². The second-order valence-corrected chi connectivity index (χ2v) is 6.90. The Bertz CT molecular complexity index is 661. The quantitative estimate of drug-likeness (QED) is 0.359. The Morgan fingerprint density at radius 1 is 1.05 bits per heavy atom. The first-order chi connectivity index (χ1) is 9.66. The van der Waals surface area contributed by atoms with Crippen LogP contribution in [-0.4, -0.2) is 0 Å². The standard InChI is InChI=1S/C15H14N3OP/c1-13(17-18-16)12-20(19,14-8-4-2-5-9-14)15-10-6-3-7-11-15/h2-12H,1H3/b13-12+. The molecule has 0 aliphatic rings. The summed E-state index contributed by atoms with van der Waals surface area (Å²) in [6, 6.07) is 18.5. The Balaban J connectivity index is 2.65. The van der Waals surface area contributed by atoms with Gasteiger partial charge in [-0.1, -0.05) is 65.8 Å². The number of rotatable bonds is 4. The van der Waals surface area contributed by atoms with Gasteiger partial charge in [0.25, 0.3) is 0 Å². The number of hydrogen-bond donors (Lipinski definition) is 0. The van der Waals surface area contributed by atoms with Gasteiger partial charge in [0, 0.05) is 21.2 Å². The molecule has 0 heterocycles. The summed E-state index contributed by atoms with van der Waals surface area (Å²) < 4.78 is 13.4. The van der Waals surface area contributed by atoms with Crippen LogP contribution in [0.1, 0.15) is 6.92 Å². The molecule has 0 bridgehead atoms. The Hall–Kier alpha value is -2.28. The van der Waals surface area contributed by atoms with Crippen LogP contribution in [0, 0.1) is 0 Å². The minimum atomic E-state index is -2.94. The number of benzene rings is 2. The van der Waals surface area contributed by atoms with Gasteiger partial charge in [0.2, 0.25) is 0 Å².